The Bertz CT molecular complexity index is 1660. The molecular formula is C45H60N2O. The molecule has 0 aromatic heterocycles. The second kappa shape index (κ2) is 12.6. The summed E-state index contributed by atoms with van der Waals surface area (Å²) in [4.78, 5) is 4.58. The molecule has 3 heteroatoms. The van der Waals surface area contributed by atoms with E-state index in [1.165, 1.54) is 44.8 Å². The van der Waals surface area contributed by atoms with Gasteiger partial charge in [-0.05, 0) is 104 Å². The highest BCUT2D eigenvalue weighted by Gasteiger charge is 2.28. The highest BCUT2D eigenvalue weighted by molar-refractivity contribution is 5.78. The van der Waals surface area contributed by atoms with Crippen LogP contribution in [-0.4, -0.2) is 14.1 Å². The fourth-order valence-electron chi connectivity index (χ4n) is 6.62. The number of fused-ring (bicyclic) bond motifs is 4. The highest BCUT2D eigenvalue weighted by atomic mass is 16.5. The molecule has 4 aromatic rings. The van der Waals surface area contributed by atoms with Gasteiger partial charge in [0, 0.05) is 31.9 Å². The molecule has 2 heterocycles. The Kier molecular flexibility index (Phi) is 9.36. The van der Waals surface area contributed by atoms with E-state index in [1.807, 2.05) is 0 Å². The normalized spacial score (nSPS) is 14.2. The van der Waals surface area contributed by atoms with Crippen LogP contribution in [0.5, 0.6) is 11.5 Å². The molecule has 0 amide bonds. The van der Waals surface area contributed by atoms with Gasteiger partial charge in [0.2, 0.25) is 0 Å². The molecule has 0 atom stereocenters. The zero-order chi connectivity index (χ0) is 35.4. The van der Waals surface area contributed by atoms with E-state index >= 15 is 0 Å². The molecule has 0 radical (unpaired) electrons. The molecule has 2 aliphatic rings. The number of benzene rings is 4. The topological polar surface area (TPSA) is 15.7 Å². The fraction of sp³-hybridized carbons (Fsp3) is 0.467. The SMILES string of the molecule is CCC(C)(C)c1ccc2c(c1)Cc1cc(C(C)(C)C)ccc1N2C.CCC(C)(C)c1ccc2c(c1)Oc1cc(C(C)(C)C)ccc1N2C. The molecule has 48 heavy (non-hydrogen) atoms. The summed E-state index contributed by atoms with van der Waals surface area (Å²) in [5, 5.41) is 0. The van der Waals surface area contributed by atoms with Gasteiger partial charge in [0.1, 0.15) is 0 Å². The van der Waals surface area contributed by atoms with Crippen molar-refractivity contribution in [2.75, 3.05) is 23.9 Å². The monoisotopic (exact) mass is 644 g/mol. The van der Waals surface area contributed by atoms with Gasteiger partial charge in [-0.25, -0.2) is 0 Å². The van der Waals surface area contributed by atoms with Crippen LogP contribution in [0.4, 0.5) is 22.7 Å². The van der Waals surface area contributed by atoms with Crippen LogP contribution in [-0.2, 0) is 28.1 Å². The van der Waals surface area contributed by atoms with Gasteiger partial charge in [-0.1, -0.05) is 119 Å². The third-order valence-corrected chi connectivity index (χ3v) is 11.2. The molecule has 2 aliphatic heterocycles. The maximum atomic E-state index is 6.32. The third-order valence-electron chi connectivity index (χ3n) is 11.2. The summed E-state index contributed by atoms with van der Waals surface area (Å²) in [7, 11) is 4.31. The summed E-state index contributed by atoms with van der Waals surface area (Å²) in [6.07, 6.45) is 3.30. The minimum atomic E-state index is 0.114. The van der Waals surface area contributed by atoms with Crippen molar-refractivity contribution in [2.24, 2.45) is 0 Å². The smallest absolute Gasteiger partial charge is 0.151 e. The van der Waals surface area contributed by atoms with Crippen molar-refractivity contribution in [3.8, 4) is 11.5 Å². The van der Waals surface area contributed by atoms with Crippen molar-refractivity contribution < 1.29 is 4.74 Å². The molecule has 256 valence electrons. The second-order valence-electron chi connectivity index (χ2n) is 17.4. The van der Waals surface area contributed by atoms with E-state index in [2.05, 4.69) is 180 Å². The van der Waals surface area contributed by atoms with Crippen molar-refractivity contribution in [1.82, 2.24) is 0 Å². The Balaban J connectivity index is 0.000000188. The van der Waals surface area contributed by atoms with Crippen LogP contribution >= 0.6 is 0 Å². The van der Waals surface area contributed by atoms with Gasteiger partial charge in [-0.2, -0.15) is 0 Å². The predicted molar refractivity (Wildman–Crippen MR) is 209 cm³/mol. The molecule has 4 aromatic carbocycles. The van der Waals surface area contributed by atoms with Gasteiger partial charge >= 0.3 is 0 Å². The van der Waals surface area contributed by atoms with Gasteiger partial charge in [-0.3, -0.25) is 0 Å². The predicted octanol–water partition coefficient (Wildman–Crippen LogP) is 12.9. The third kappa shape index (κ3) is 6.89. The van der Waals surface area contributed by atoms with E-state index in [4.69, 9.17) is 4.74 Å². The van der Waals surface area contributed by atoms with E-state index in [-0.39, 0.29) is 21.7 Å². The van der Waals surface area contributed by atoms with Gasteiger partial charge in [0.05, 0.1) is 11.4 Å². The van der Waals surface area contributed by atoms with Crippen molar-refractivity contribution in [1.29, 1.82) is 0 Å². The maximum absolute atomic E-state index is 6.32. The first-order valence-electron chi connectivity index (χ1n) is 18.0. The Morgan fingerprint density at radius 2 is 0.812 bits per heavy atom. The average Bonchev–Trinajstić information content (AvgIpc) is 3.03. The van der Waals surface area contributed by atoms with Crippen molar-refractivity contribution in [3.63, 3.8) is 0 Å². The zero-order valence-electron chi connectivity index (χ0n) is 32.4. The summed E-state index contributed by atoms with van der Waals surface area (Å²) < 4.78 is 6.32. The first-order valence-corrected chi connectivity index (χ1v) is 18.0. The van der Waals surface area contributed by atoms with Gasteiger partial charge in [-0.15, -0.1) is 0 Å². The molecule has 3 nitrogen and oxygen atoms in total. The maximum Gasteiger partial charge on any atom is 0.151 e. The second-order valence-corrected chi connectivity index (χ2v) is 17.4. The van der Waals surface area contributed by atoms with Gasteiger partial charge in [0.25, 0.3) is 0 Å². The van der Waals surface area contributed by atoms with E-state index < -0.39 is 0 Å². The Labute approximate surface area is 292 Å². The Morgan fingerprint density at radius 1 is 0.479 bits per heavy atom. The summed E-state index contributed by atoms with van der Waals surface area (Å²) >= 11 is 0. The highest BCUT2D eigenvalue weighted by Crippen LogP contribution is 2.48. The number of hydrogen-bond donors (Lipinski definition) is 0. The van der Waals surface area contributed by atoms with Gasteiger partial charge in [0.15, 0.2) is 11.5 Å². The van der Waals surface area contributed by atoms with Crippen molar-refractivity contribution in [2.45, 2.75) is 124 Å². The lowest BCUT2D eigenvalue weighted by atomic mass is 9.79. The average molecular weight is 645 g/mol. The van der Waals surface area contributed by atoms with Gasteiger partial charge < -0.3 is 14.5 Å². The fourth-order valence-corrected chi connectivity index (χ4v) is 6.62. The molecule has 0 N–H and O–H groups in total. The van der Waals surface area contributed by atoms with Crippen LogP contribution in [0.2, 0.25) is 0 Å². The molecule has 6 rings (SSSR count). The number of rotatable bonds is 4. The largest absolute Gasteiger partial charge is 0.453 e. The molecular weight excluding hydrogens is 585 g/mol. The molecule has 0 spiro atoms. The molecule has 0 saturated carbocycles. The number of hydrogen-bond acceptors (Lipinski definition) is 3. The van der Waals surface area contributed by atoms with E-state index in [0.29, 0.717) is 0 Å². The molecule has 0 unspecified atom stereocenters. The lowest BCUT2D eigenvalue weighted by Crippen LogP contribution is -2.22. The van der Waals surface area contributed by atoms with Crippen molar-refractivity contribution in [3.05, 3.63) is 106 Å². The number of anilines is 4. The summed E-state index contributed by atoms with van der Waals surface area (Å²) in [6.45, 7) is 27.3. The first kappa shape index (κ1) is 35.6. The minimum absolute atomic E-state index is 0.114. The van der Waals surface area contributed by atoms with Crippen molar-refractivity contribution >= 4 is 22.7 Å². The van der Waals surface area contributed by atoms with Crippen LogP contribution < -0.4 is 14.5 Å². The molecule has 0 bridgehead atoms. The zero-order valence-corrected chi connectivity index (χ0v) is 32.4. The van der Waals surface area contributed by atoms with Crippen LogP contribution in [0.3, 0.4) is 0 Å². The van der Waals surface area contributed by atoms with Crippen LogP contribution in [0.25, 0.3) is 0 Å². The summed E-state index contributed by atoms with van der Waals surface area (Å²) in [5.74, 6) is 1.90. The minimum Gasteiger partial charge on any atom is -0.453 e. The Hall–Kier alpha value is -3.72. The van der Waals surface area contributed by atoms with E-state index in [0.717, 1.165) is 42.1 Å². The summed E-state index contributed by atoms with van der Waals surface area (Å²) in [6, 6.07) is 27.2. The van der Waals surface area contributed by atoms with Crippen LogP contribution in [0.15, 0.2) is 72.8 Å². The molecule has 0 aliphatic carbocycles. The van der Waals surface area contributed by atoms with E-state index in [1.54, 1.807) is 0 Å². The lowest BCUT2D eigenvalue weighted by Gasteiger charge is -2.33. The molecule has 0 fully saturated rings. The van der Waals surface area contributed by atoms with Crippen LogP contribution in [0, 0.1) is 0 Å². The number of nitrogens with zero attached hydrogens (tertiary/aromatic N) is 2. The summed E-state index contributed by atoms with van der Waals surface area (Å²) in [5.41, 5.74) is 14.0. The lowest BCUT2D eigenvalue weighted by molar-refractivity contribution is 0.462. The number of ether oxygens (including phenoxy) is 1. The van der Waals surface area contributed by atoms with Crippen LogP contribution in [0.1, 0.15) is 129 Å². The Morgan fingerprint density at radius 3 is 1.25 bits per heavy atom. The molecule has 0 saturated heterocycles. The quantitative estimate of drug-likeness (QED) is 0.220. The standard InChI is InChI=1S/C23H31N.C22H29NO/c1-8-23(5,6)19-10-12-21-17(15-19)13-16-14-18(22(2,3)4)9-11-20(16)24(21)7;1-8-22(5,6)16-10-12-18-20(14-16)24-19-13-15(21(2,3)4)9-11-17(19)23(18)7/h9-12,14-15H,8,13H2,1-7H3;9-14H,8H2,1-7H3. The first-order chi connectivity index (χ1) is 22.3. The van der Waals surface area contributed by atoms with E-state index in [9.17, 15) is 0 Å².